The zero-order valence-electron chi connectivity index (χ0n) is 17.4. The van der Waals surface area contributed by atoms with E-state index in [2.05, 4.69) is 32.1 Å². The lowest BCUT2D eigenvalue weighted by atomic mass is 10.2. The van der Waals surface area contributed by atoms with Gasteiger partial charge in [0.15, 0.2) is 5.96 Å². The quantitative estimate of drug-likeness (QED) is 0.303. The minimum absolute atomic E-state index is 0. The first-order valence-corrected chi connectivity index (χ1v) is 10.7. The van der Waals surface area contributed by atoms with Crippen molar-refractivity contribution < 1.29 is 9.47 Å². The van der Waals surface area contributed by atoms with Gasteiger partial charge in [-0.2, -0.15) is 0 Å². The van der Waals surface area contributed by atoms with Crippen LogP contribution in [-0.4, -0.2) is 37.7 Å². The molecule has 8 heteroatoms. The summed E-state index contributed by atoms with van der Waals surface area (Å²) in [5.74, 6) is 2.49. The van der Waals surface area contributed by atoms with Crippen molar-refractivity contribution in [3.8, 4) is 11.5 Å². The van der Waals surface area contributed by atoms with Gasteiger partial charge in [0.25, 0.3) is 0 Å². The van der Waals surface area contributed by atoms with Crippen molar-refractivity contribution in [1.29, 1.82) is 0 Å². The molecule has 29 heavy (non-hydrogen) atoms. The Balaban J connectivity index is 0.00000300. The van der Waals surface area contributed by atoms with Gasteiger partial charge >= 0.3 is 0 Å². The number of methoxy groups -OCH3 is 1. The van der Waals surface area contributed by atoms with Gasteiger partial charge in [-0.1, -0.05) is 0 Å². The van der Waals surface area contributed by atoms with E-state index in [-0.39, 0.29) is 24.0 Å². The first-order valence-electron chi connectivity index (χ1n) is 9.87. The van der Waals surface area contributed by atoms with Crippen molar-refractivity contribution in [2.45, 2.75) is 51.7 Å². The Bertz CT molecular complexity index is 791. The first-order chi connectivity index (χ1) is 13.7. The summed E-state index contributed by atoms with van der Waals surface area (Å²) in [7, 11) is 3.47. The number of hydrogen-bond acceptors (Lipinski definition) is 5. The zero-order valence-corrected chi connectivity index (χ0v) is 20.5. The highest BCUT2D eigenvalue weighted by atomic mass is 127. The number of rotatable bonds is 8. The highest BCUT2D eigenvalue weighted by molar-refractivity contribution is 14.0. The molecule has 1 aliphatic rings. The molecule has 1 saturated carbocycles. The number of hydrogen-bond donors (Lipinski definition) is 2. The van der Waals surface area contributed by atoms with E-state index in [1.807, 2.05) is 19.1 Å². The molecule has 1 heterocycles. The Morgan fingerprint density at radius 1 is 1.28 bits per heavy atom. The molecule has 0 amide bonds. The Labute approximate surface area is 194 Å². The van der Waals surface area contributed by atoms with Crippen molar-refractivity contribution in [2.75, 3.05) is 20.7 Å². The average Bonchev–Trinajstić information content (AvgIpc) is 3.37. The van der Waals surface area contributed by atoms with Gasteiger partial charge in [-0.25, -0.2) is 4.98 Å². The minimum atomic E-state index is 0. The van der Waals surface area contributed by atoms with Crippen molar-refractivity contribution >= 4 is 41.3 Å². The molecule has 1 fully saturated rings. The molecular weight excluding hydrogens is 499 g/mol. The van der Waals surface area contributed by atoms with Crippen LogP contribution >= 0.6 is 35.3 Å². The standard InChI is InChI=1S/C21H30N4O2S.HI/c1-15-25-17(14-28-15)10-11-23-21(22-2)24-13-16-8-9-19(26-3)12-20(16)27-18-6-4-5-7-18;/h8-9,12,14,18H,4-7,10-11,13H2,1-3H3,(H2,22,23,24);1H. The average molecular weight is 530 g/mol. The van der Waals surface area contributed by atoms with Crippen LogP contribution < -0.4 is 20.1 Å². The largest absolute Gasteiger partial charge is 0.497 e. The molecule has 0 aliphatic heterocycles. The van der Waals surface area contributed by atoms with Crippen molar-refractivity contribution in [3.05, 3.63) is 39.8 Å². The fourth-order valence-corrected chi connectivity index (χ4v) is 3.98. The Morgan fingerprint density at radius 3 is 2.72 bits per heavy atom. The number of nitrogens with one attached hydrogen (secondary N) is 2. The molecule has 160 valence electrons. The van der Waals surface area contributed by atoms with Crippen LogP contribution in [0.4, 0.5) is 0 Å². The van der Waals surface area contributed by atoms with Crippen LogP contribution in [0.3, 0.4) is 0 Å². The molecule has 0 saturated heterocycles. The summed E-state index contributed by atoms with van der Waals surface area (Å²) < 4.78 is 11.6. The Hall–Kier alpha value is -1.55. The van der Waals surface area contributed by atoms with E-state index in [1.165, 1.54) is 12.8 Å². The molecular formula is C21H31IN4O2S. The van der Waals surface area contributed by atoms with E-state index < -0.39 is 0 Å². The second kappa shape index (κ2) is 12.2. The van der Waals surface area contributed by atoms with Crippen LogP contribution in [0.2, 0.25) is 0 Å². The summed E-state index contributed by atoms with van der Waals surface area (Å²) in [6.45, 7) is 3.46. The summed E-state index contributed by atoms with van der Waals surface area (Å²) in [4.78, 5) is 8.81. The normalized spacial score (nSPS) is 14.4. The molecule has 1 aliphatic carbocycles. The molecule has 0 radical (unpaired) electrons. The van der Waals surface area contributed by atoms with Gasteiger partial charge in [0.1, 0.15) is 11.5 Å². The number of aliphatic imine (C=N–C) groups is 1. The third-order valence-corrected chi connectivity index (χ3v) is 5.70. The molecule has 0 unspecified atom stereocenters. The maximum Gasteiger partial charge on any atom is 0.191 e. The molecule has 1 aromatic carbocycles. The molecule has 0 bridgehead atoms. The van der Waals surface area contributed by atoms with E-state index in [1.54, 1.807) is 25.5 Å². The summed E-state index contributed by atoms with van der Waals surface area (Å²) >= 11 is 1.69. The molecule has 2 N–H and O–H groups in total. The van der Waals surface area contributed by atoms with Crippen LogP contribution in [0.25, 0.3) is 0 Å². The second-order valence-electron chi connectivity index (χ2n) is 6.96. The predicted molar refractivity (Wildman–Crippen MR) is 130 cm³/mol. The number of guanidine groups is 1. The maximum absolute atomic E-state index is 6.27. The molecule has 0 atom stereocenters. The number of thiazole rings is 1. The molecule has 0 spiro atoms. The van der Waals surface area contributed by atoms with E-state index in [4.69, 9.17) is 9.47 Å². The number of aromatic nitrogens is 1. The molecule has 3 rings (SSSR count). The van der Waals surface area contributed by atoms with Gasteiger partial charge < -0.3 is 20.1 Å². The SMILES string of the molecule is CN=C(NCCc1csc(C)n1)NCc1ccc(OC)cc1OC1CCCC1.I. The zero-order chi connectivity index (χ0) is 19.8. The molecule has 2 aromatic rings. The highest BCUT2D eigenvalue weighted by Crippen LogP contribution is 2.29. The van der Waals surface area contributed by atoms with Gasteiger partial charge in [-0.3, -0.25) is 4.99 Å². The van der Waals surface area contributed by atoms with Gasteiger partial charge in [0, 0.05) is 43.6 Å². The lowest BCUT2D eigenvalue weighted by Gasteiger charge is -2.18. The Kier molecular flexibility index (Phi) is 9.99. The van der Waals surface area contributed by atoms with Crippen LogP contribution in [0, 0.1) is 6.92 Å². The van der Waals surface area contributed by atoms with Crippen LogP contribution in [-0.2, 0) is 13.0 Å². The summed E-state index contributed by atoms with van der Waals surface area (Å²) in [6, 6.07) is 6.01. The number of nitrogens with zero attached hydrogens (tertiary/aromatic N) is 2. The molecule has 6 nitrogen and oxygen atoms in total. The van der Waals surface area contributed by atoms with Gasteiger partial charge in [-0.05, 0) is 44.7 Å². The molecule has 1 aromatic heterocycles. The third-order valence-electron chi connectivity index (χ3n) is 4.88. The van der Waals surface area contributed by atoms with E-state index in [9.17, 15) is 0 Å². The van der Waals surface area contributed by atoms with Crippen molar-refractivity contribution in [1.82, 2.24) is 15.6 Å². The fourth-order valence-electron chi connectivity index (χ4n) is 3.33. The van der Waals surface area contributed by atoms with E-state index in [0.29, 0.717) is 12.6 Å². The summed E-state index contributed by atoms with van der Waals surface area (Å²) in [6.07, 6.45) is 5.94. The topological polar surface area (TPSA) is 67.8 Å². The van der Waals surface area contributed by atoms with Gasteiger partial charge in [0.2, 0.25) is 0 Å². The fraction of sp³-hybridized carbons (Fsp3) is 0.524. The maximum atomic E-state index is 6.27. The summed E-state index contributed by atoms with van der Waals surface area (Å²) in [5, 5.41) is 9.94. The van der Waals surface area contributed by atoms with Crippen molar-refractivity contribution in [2.24, 2.45) is 4.99 Å². The van der Waals surface area contributed by atoms with E-state index in [0.717, 1.165) is 59.5 Å². The van der Waals surface area contributed by atoms with Crippen molar-refractivity contribution in [3.63, 3.8) is 0 Å². The predicted octanol–water partition coefficient (Wildman–Crippen LogP) is 4.31. The number of ether oxygens (including phenoxy) is 2. The lowest BCUT2D eigenvalue weighted by Crippen LogP contribution is -2.38. The number of aryl methyl sites for hydroxylation is 1. The highest BCUT2D eigenvalue weighted by Gasteiger charge is 2.18. The number of benzene rings is 1. The minimum Gasteiger partial charge on any atom is -0.497 e. The van der Waals surface area contributed by atoms with E-state index >= 15 is 0 Å². The third kappa shape index (κ3) is 7.33. The van der Waals surface area contributed by atoms with Gasteiger partial charge in [0.05, 0.1) is 23.9 Å². The van der Waals surface area contributed by atoms with Gasteiger partial charge in [-0.15, -0.1) is 35.3 Å². The second-order valence-corrected chi connectivity index (χ2v) is 8.02. The monoisotopic (exact) mass is 530 g/mol. The number of halogens is 1. The Morgan fingerprint density at radius 2 is 2.07 bits per heavy atom. The van der Waals surface area contributed by atoms with Crippen LogP contribution in [0.5, 0.6) is 11.5 Å². The van der Waals surface area contributed by atoms with Crippen LogP contribution in [0.1, 0.15) is 41.9 Å². The first kappa shape index (κ1) is 23.7. The smallest absolute Gasteiger partial charge is 0.191 e. The van der Waals surface area contributed by atoms with Crippen LogP contribution in [0.15, 0.2) is 28.6 Å². The lowest BCUT2D eigenvalue weighted by molar-refractivity contribution is 0.207. The summed E-state index contributed by atoms with van der Waals surface area (Å²) in [5.41, 5.74) is 2.22.